The molecule has 0 unspecified atom stereocenters. The molecule has 5 nitrogen and oxygen atoms in total. The fourth-order valence-electron chi connectivity index (χ4n) is 2.57. The lowest BCUT2D eigenvalue weighted by Gasteiger charge is -2.12. The first kappa shape index (κ1) is 17.7. The number of amidine groups is 1. The molecular formula is C18H15F3N4O. The third-order valence-corrected chi connectivity index (χ3v) is 4.09. The number of rotatable bonds is 5. The van der Waals surface area contributed by atoms with Gasteiger partial charge in [0.05, 0.1) is 17.3 Å². The Kier molecular flexibility index (Phi) is 4.75. The van der Waals surface area contributed by atoms with Gasteiger partial charge in [0.15, 0.2) is 5.82 Å². The summed E-state index contributed by atoms with van der Waals surface area (Å²) in [6.07, 6.45) is 4.16. The zero-order chi connectivity index (χ0) is 18.7. The molecule has 134 valence electrons. The van der Waals surface area contributed by atoms with Crippen molar-refractivity contribution in [2.75, 3.05) is 5.32 Å². The Morgan fingerprint density at radius 3 is 2.65 bits per heavy atom. The van der Waals surface area contributed by atoms with Crippen LogP contribution < -0.4 is 11.1 Å². The highest BCUT2D eigenvalue weighted by molar-refractivity contribution is 6.04. The number of nitrogens with zero attached hydrogens (tertiary/aromatic N) is 2. The molecule has 1 aliphatic carbocycles. The van der Waals surface area contributed by atoms with Crippen LogP contribution in [-0.2, 0) is 10.2 Å². The van der Waals surface area contributed by atoms with Crippen LogP contribution in [0, 0.1) is 17.6 Å². The monoisotopic (exact) mass is 360 g/mol. The van der Waals surface area contributed by atoms with E-state index in [2.05, 4.69) is 15.3 Å². The third-order valence-electron chi connectivity index (χ3n) is 4.09. The van der Waals surface area contributed by atoms with Gasteiger partial charge >= 0.3 is 0 Å². The molecule has 1 fully saturated rings. The summed E-state index contributed by atoms with van der Waals surface area (Å²) < 4.78 is 40.3. The van der Waals surface area contributed by atoms with E-state index in [1.54, 1.807) is 18.2 Å². The lowest BCUT2D eigenvalue weighted by Crippen LogP contribution is -2.23. The number of hydrogen-bond donors (Lipinski definition) is 2. The Balaban J connectivity index is 1.71. The molecule has 26 heavy (non-hydrogen) atoms. The molecule has 0 bridgehead atoms. The Morgan fingerprint density at radius 2 is 1.96 bits per heavy atom. The molecule has 0 spiro atoms. The molecule has 0 aliphatic heterocycles. The zero-order valence-electron chi connectivity index (χ0n) is 13.5. The second-order valence-corrected chi connectivity index (χ2v) is 5.87. The first-order chi connectivity index (χ1) is 12.4. The predicted octanol–water partition coefficient (Wildman–Crippen LogP) is 3.04. The summed E-state index contributed by atoms with van der Waals surface area (Å²) in [5, 5.41) is 2.49. The Bertz CT molecular complexity index is 907. The van der Waals surface area contributed by atoms with E-state index in [9.17, 15) is 18.0 Å². The summed E-state index contributed by atoms with van der Waals surface area (Å²) >= 11 is 0. The lowest BCUT2D eigenvalue weighted by molar-refractivity contribution is -0.120. The maximum absolute atomic E-state index is 14.0. The lowest BCUT2D eigenvalue weighted by atomic mass is 9.94. The van der Waals surface area contributed by atoms with Gasteiger partial charge in [-0.3, -0.25) is 4.79 Å². The maximum atomic E-state index is 14.0. The minimum absolute atomic E-state index is 0.139. The van der Waals surface area contributed by atoms with E-state index in [4.69, 9.17) is 5.73 Å². The molecule has 2 aromatic rings. The number of carbonyl (C=O) groups excluding carboxylic acids is 1. The largest absolute Gasteiger partial charge is 0.384 e. The van der Waals surface area contributed by atoms with Crippen LogP contribution in [0.15, 0.2) is 53.8 Å². The second kappa shape index (κ2) is 6.99. The molecule has 1 heterocycles. The van der Waals surface area contributed by atoms with Crippen molar-refractivity contribution in [2.45, 2.75) is 18.3 Å². The van der Waals surface area contributed by atoms with Crippen molar-refractivity contribution in [3.8, 4) is 0 Å². The Morgan fingerprint density at radius 1 is 1.23 bits per heavy atom. The van der Waals surface area contributed by atoms with Crippen LogP contribution in [-0.4, -0.2) is 16.7 Å². The van der Waals surface area contributed by atoms with Crippen LogP contribution in [0.4, 0.5) is 18.9 Å². The molecule has 8 heteroatoms. The number of amides is 1. The van der Waals surface area contributed by atoms with Gasteiger partial charge in [0.25, 0.3) is 5.91 Å². The van der Waals surface area contributed by atoms with E-state index in [1.807, 2.05) is 0 Å². The maximum Gasteiger partial charge on any atom is 0.258 e. The van der Waals surface area contributed by atoms with Crippen molar-refractivity contribution in [1.82, 2.24) is 4.98 Å². The minimum Gasteiger partial charge on any atom is -0.384 e. The normalized spacial score (nSPS) is 15.9. The summed E-state index contributed by atoms with van der Waals surface area (Å²) in [7, 11) is 0. The third kappa shape index (κ3) is 3.58. The number of aromatic nitrogens is 1. The van der Waals surface area contributed by atoms with Crippen LogP contribution >= 0.6 is 0 Å². The molecule has 0 atom stereocenters. The van der Waals surface area contributed by atoms with Gasteiger partial charge in [-0.2, -0.15) is 9.38 Å². The van der Waals surface area contributed by atoms with Gasteiger partial charge < -0.3 is 11.1 Å². The van der Waals surface area contributed by atoms with Crippen molar-refractivity contribution >= 4 is 17.4 Å². The van der Waals surface area contributed by atoms with Crippen LogP contribution in [0.5, 0.6) is 0 Å². The van der Waals surface area contributed by atoms with Gasteiger partial charge in [0, 0.05) is 17.8 Å². The van der Waals surface area contributed by atoms with Crippen LogP contribution in [0.2, 0.25) is 0 Å². The number of benzene rings is 1. The SMILES string of the molecule is NC(/C=C\Nc1cc(F)ncc1F)=NC(=O)C1(c2ccccc2F)CC1. The van der Waals surface area contributed by atoms with Gasteiger partial charge in [-0.25, -0.2) is 13.8 Å². The summed E-state index contributed by atoms with van der Waals surface area (Å²) in [5.74, 6) is -2.73. The van der Waals surface area contributed by atoms with Gasteiger partial charge in [0.2, 0.25) is 5.95 Å². The zero-order valence-corrected chi connectivity index (χ0v) is 13.5. The number of aliphatic imine (C=N–C) groups is 1. The van der Waals surface area contributed by atoms with E-state index >= 15 is 0 Å². The number of nitrogens with two attached hydrogens (primary N) is 1. The highest BCUT2D eigenvalue weighted by Gasteiger charge is 2.52. The van der Waals surface area contributed by atoms with E-state index in [0.717, 1.165) is 12.3 Å². The molecule has 1 amide bonds. The van der Waals surface area contributed by atoms with Gasteiger partial charge in [-0.05, 0) is 25.0 Å². The van der Waals surface area contributed by atoms with Crippen molar-refractivity contribution in [2.24, 2.45) is 10.7 Å². The summed E-state index contributed by atoms with van der Waals surface area (Å²) in [6, 6.07) is 6.93. The van der Waals surface area contributed by atoms with E-state index in [1.165, 1.54) is 18.3 Å². The highest BCUT2D eigenvalue weighted by Crippen LogP contribution is 2.50. The average molecular weight is 360 g/mol. The van der Waals surface area contributed by atoms with Crippen molar-refractivity contribution < 1.29 is 18.0 Å². The van der Waals surface area contributed by atoms with E-state index in [-0.39, 0.29) is 11.5 Å². The Labute approximate surface area is 147 Å². The minimum atomic E-state index is -0.975. The topological polar surface area (TPSA) is 80.4 Å². The smallest absolute Gasteiger partial charge is 0.258 e. The van der Waals surface area contributed by atoms with Crippen LogP contribution in [0.3, 0.4) is 0 Å². The molecule has 0 saturated heterocycles. The molecule has 1 aromatic heterocycles. The fourth-order valence-corrected chi connectivity index (χ4v) is 2.57. The van der Waals surface area contributed by atoms with E-state index in [0.29, 0.717) is 18.4 Å². The quantitative estimate of drug-likeness (QED) is 0.488. The van der Waals surface area contributed by atoms with Crippen molar-refractivity contribution in [3.63, 3.8) is 0 Å². The molecule has 3 rings (SSSR count). The Hall–Kier alpha value is -3.16. The second-order valence-electron chi connectivity index (χ2n) is 5.87. The van der Waals surface area contributed by atoms with Gasteiger partial charge in [0.1, 0.15) is 11.7 Å². The predicted molar refractivity (Wildman–Crippen MR) is 90.9 cm³/mol. The van der Waals surface area contributed by atoms with Crippen LogP contribution in [0.25, 0.3) is 0 Å². The fraction of sp³-hybridized carbons (Fsp3) is 0.167. The summed E-state index contributed by atoms with van der Waals surface area (Å²) in [4.78, 5) is 19.4. The number of nitrogens with one attached hydrogen (secondary N) is 1. The number of carbonyl (C=O) groups is 1. The summed E-state index contributed by atoms with van der Waals surface area (Å²) in [6.45, 7) is 0. The first-order valence-electron chi connectivity index (χ1n) is 7.80. The first-order valence-corrected chi connectivity index (χ1v) is 7.80. The molecule has 0 radical (unpaired) electrons. The molecule has 1 aromatic carbocycles. The molecule has 1 saturated carbocycles. The van der Waals surface area contributed by atoms with Gasteiger partial charge in [-0.15, -0.1) is 0 Å². The average Bonchev–Trinajstić information content (AvgIpc) is 3.40. The number of halogens is 3. The number of hydrogen-bond acceptors (Lipinski definition) is 3. The molecule has 1 aliphatic rings. The van der Waals surface area contributed by atoms with E-state index < -0.39 is 28.9 Å². The van der Waals surface area contributed by atoms with Crippen molar-refractivity contribution in [3.05, 3.63) is 72.0 Å². The number of pyridine rings is 1. The standard InChI is InChI=1S/C18H15F3N4O/c19-12-4-2-1-3-11(12)18(6-7-18)17(26)25-16(22)5-8-23-14-9-15(21)24-10-13(14)20/h1-5,8-10H,6-7H2,(H,23,24)(H2,22,25,26)/b8-5-. The highest BCUT2D eigenvalue weighted by atomic mass is 19.1. The molecule has 3 N–H and O–H groups in total. The van der Waals surface area contributed by atoms with Gasteiger partial charge in [-0.1, -0.05) is 18.2 Å². The molecular weight excluding hydrogens is 345 g/mol. The van der Waals surface area contributed by atoms with Crippen LogP contribution in [0.1, 0.15) is 18.4 Å². The summed E-state index contributed by atoms with van der Waals surface area (Å²) in [5.41, 5.74) is 4.86. The van der Waals surface area contributed by atoms with Crippen molar-refractivity contribution in [1.29, 1.82) is 0 Å². The number of anilines is 1.